The lowest BCUT2D eigenvalue weighted by atomic mass is 10.1. The van der Waals surface area contributed by atoms with Gasteiger partial charge in [0.2, 0.25) is 5.91 Å². The molecule has 0 bridgehead atoms. The van der Waals surface area contributed by atoms with Gasteiger partial charge < -0.3 is 20.5 Å². The van der Waals surface area contributed by atoms with E-state index in [0.717, 1.165) is 10.5 Å². The Balaban J connectivity index is 1.58. The minimum atomic E-state index is -1.19. The van der Waals surface area contributed by atoms with E-state index in [1.807, 2.05) is 36.4 Å². The first-order valence-electron chi connectivity index (χ1n) is 11.5. The zero-order chi connectivity index (χ0) is 27.1. The first-order chi connectivity index (χ1) is 18.4. The molecule has 4 aromatic rings. The number of halogens is 1. The van der Waals surface area contributed by atoms with Crippen LogP contribution in [-0.2, 0) is 4.79 Å². The number of carboxylic acid groups (broad SMARTS) is 1. The van der Waals surface area contributed by atoms with Gasteiger partial charge in [0.25, 0.3) is 5.91 Å². The highest BCUT2D eigenvalue weighted by Crippen LogP contribution is 2.38. The van der Waals surface area contributed by atoms with Gasteiger partial charge in [-0.15, -0.1) is 11.8 Å². The Labute approximate surface area is 228 Å². The standard InChI is InChI=1S/C29H23ClN2O5S/c1-37-25-15-14-19(30)16-24(25)32-28(34)26(18-8-3-2-4-9-18)38-21-11-7-10-20(17-21)31-27(33)22-12-5-6-13-23(22)29(35)36/h2-17,26H,1H3,(H,31,33)(H,32,34)(H,35,36). The monoisotopic (exact) mass is 546 g/mol. The summed E-state index contributed by atoms with van der Waals surface area (Å²) in [6.45, 7) is 0. The average Bonchev–Trinajstić information content (AvgIpc) is 2.92. The van der Waals surface area contributed by atoms with Crippen LogP contribution in [-0.4, -0.2) is 30.0 Å². The topological polar surface area (TPSA) is 105 Å². The van der Waals surface area contributed by atoms with Gasteiger partial charge in [0.15, 0.2) is 0 Å². The summed E-state index contributed by atoms with van der Waals surface area (Å²) in [5.74, 6) is -1.54. The van der Waals surface area contributed by atoms with E-state index >= 15 is 0 Å². The zero-order valence-electron chi connectivity index (χ0n) is 20.2. The number of hydrogen-bond acceptors (Lipinski definition) is 5. The van der Waals surface area contributed by atoms with Crippen molar-refractivity contribution in [2.45, 2.75) is 10.1 Å². The molecule has 192 valence electrons. The summed E-state index contributed by atoms with van der Waals surface area (Å²) < 4.78 is 5.36. The summed E-state index contributed by atoms with van der Waals surface area (Å²) in [6, 6.07) is 27.3. The van der Waals surface area contributed by atoms with E-state index in [0.29, 0.717) is 22.1 Å². The predicted molar refractivity (Wildman–Crippen MR) is 149 cm³/mol. The summed E-state index contributed by atoms with van der Waals surface area (Å²) in [5, 5.41) is 14.9. The van der Waals surface area contributed by atoms with Crippen molar-refractivity contribution in [3.63, 3.8) is 0 Å². The third-order valence-electron chi connectivity index (χ3n) is 5.51. The molecule has 0 heterocycles. The maximum absolute atomic E-state index is 13.5. The van der Waals surface area contributed by atoms with Gasteiger partial charge in [0.05, 0.1) is 23.9 Å². The number of nitrogens with one attached hydrogen (secondary N) is 2. The van der Waals surface area contributed by atoms with Crippen LogP contribution in [0.3, 0.4) is 0 Å². The van der Waals surface area contributed by atoms with Crippen LogP contribution < -0.4 is 15.4 Å². The Morgan fingerprint density at radius 3 is 2.26 bits per heavy atom. The molecule has 1 unspecified atom stereocenters. The third kappa shape index (κ3) is 6.53. The van der Waals surface area contributed by atoms with Crippen LogP contribution in [0.15, 0.2) is 102 Å². The Kier molecular flexibility index (Phi) is 8.68. The molecule has 0 saturated heterocycles. The van der Waals surface area contributed by atoms with Crippen molar-refractivity contribution in [1.82, 2.24) is 0 Å². The number of amides is 2. The van der Waals surface area contributed by atoms with E-state index < -0.39 is 17.1 Å². The number of rotatable bonds is 9. The van der Waals surface area contributed by atoms with Crippen molar-refractivity contribution in [2.75, 3.05) is 17.7 Å². The smallest absolute Gasteiger partial charge is 0.336 e. The quantitative estimate of drug-likeness (QED) is 0.200. The zero-order valence-corrected chi connectivity index (χ0v) is 21.8. The molecule has 0 saturated carbocycles. The molecule has 1 atom stereocenters. The molecule has 0 aromatic heterocycles. The van der Waals surface area contributed by atoms with E-state index in [-0.39, 0.29) is 17.0 Å². The molecule has 0 aliphatic heterocycles. The molecule has 3 N–H and O–H groups in total. The second kappa shape index (κ2) is 12.3. The summed E-state index contributed by atoms with van der Waals surface area (Å²) in [7, 11) is 1.51. The highest BCUT2D eigenvalue weighted by molar-refractivity contribution is 8.00. The number of thioether (sulfide) groups is 1. The van der Waals surface area contributed by atoms with Crippen LogP contribution in [0.25, 0.3) is 0 Å². The van der Waals surface area contributed by atoms with E-state index in [1.54, 1.807) is 48.5 Å². The van der Waals surface area contributed by atoms with Crippen LogP contribution in [0.2, 0.25) is 5.02 Å². The number of ether oxygens (including phenoxy) is 1. The summed E-state index contributed by atoms with van der Waals surface area (Å²) in [6.07, 6.45) is 0. The molecule has 0 aliphatic rings. The van der Waals surface area contributed by atoms with E-state index in [9.17, 15) is 19.5 Å². The molecule has 4 aromatic carbocycles. The number of carbonyl (C=O) groups is 3. The number of methoxy groups -OCH3 is 1. The van der Waals surface area contributed by atoms with Crippen molar-refractivity contribution in [1.29, 1.82) is 0 Å². The number of carbonyl (C=O) groups excluding carboxylic acids is 2. The maximum Gasteiger partial charge on any atom is 0.336 e. The predicted octanol–water partition coefficient (Wildman–Crippen LogP) is 6.77. The lowest BCUT2D eigenvalue weighted by Crippen LogP contribution is -2.19. The lowest BCUT2D eigenvalue weighted by molar-refractivity contribution is -0.115. The van der Waals surface area contributed by atoms with Gasteiger partial charge in [-0.3, -0.25) is 9.59 Å². The van der Waals surface area contributed by atoms with Gasteiger partial charge in [0.1, 0.15) is 11.0 Å². The first kappa shape index (κ1) is 26.8. The normalized spacial score (nSPS) is 11.3. The van der Waals surface area contributed by atoms with E-state index in [4.69, 9.17) is 16.3 Å². The molecule has 2 amide bonds. The van der Waals surface area contributed by atoms with Gasteiger partial charge in [-0.25, -0.2) is 4.79 Å². The van der Waals surface area contributed by atoms with Crippen molar-refractivity contribution < 1.29 is 24.2 Å². The van der Waals surface area contributed by atoms with Crippen molar-refractivity contribution in [2.24, 2.45) is 0 Å². The van der Waals surface area contributed by atoms with Crippen LogP contribution in [0.4, 0.5) is 11.4 Å². The number of aromatic carboxylic acids is 1. The largest absolute Gasteiger partial charge is 0.495 e. The molecule has 4 rings (SSSR count). The molecule has 7 nitrogen and oxygen atoms in total. The highest BCUT2D eigenvalue weighted by atomic mass is 35.5. The molecule has 0 radical (unpaired) electrons. The second-order valence-corrected chi connectivity index (χ2v) is 9.69. The molecule has 0 spiro atoms. The fraction of sp³-hybridized carbons (Fsp3) is 0.0690. The Morgan fingerprint density at radius 1 is 0.842 bits per heavy atom. The summed E-state index contributed by atoms with van der Waals surface area (Å²) >= 11 is 7.44. The van der Waals surface area contributed by atoms with E-state index in [2.05, 4.69) is 10.6 Å². The Hall–Kier alpha value is -4.27. The number of hydrogen-bond donors (Lipinski definition) is 3. The average molecular weight is 547 g/mol. The van der Waals surface area contributed by atoms with Crippen LogP contribution >= 0.6 is 23.4 Å². The summed E-state index contributed by atoms with van der Waals surface area (Å²) in [4.78, 5) is 38.5. The SMILES string of the molecule is COc1ccc(Cl)cc1NC(=O)C(Sc1cccc(NC(=O)c2ccccc2C(=O)O)c1)c1ccccc1. The minimum absolute atomic E-state index is 0.0510. The van der Waals surface area contributed by atoms with E-state index in [1.165, 1.54) is 31.0 Å². The van der Waals surface area contributed by atoms with Gasteiger partial charge in [-0.1, -0.05) is 60.1 Å². The molecule has 38 heavy (non-hydrogen) atoms. The molecule has 9 heteroatoms. The summed E-state index contributed by atoms with van der Waals surface area (Å²) in [5.41, 5.74) is 1.65. The third-order valence-corrected chi connectivity index (χ3v) is 6.99. The molecule has 0 aliphatic carbocycles. The number of anilines is 2. The van der Waals surface area contributed by atoms with Crippen LogP contribution in [0.1, 0.15) is 31.5 Å². The van der Waals surface area contributed by atoms with Crippen molar-refractivity contribution in [3.8, 4) is 5.75 Å². The fourth-order valence-corrected chi connectivity index (χ4v) is 4.98. The van der Waals surface area contributed by atoms with Crippen molar-refractivity contribution >= 4 is 52.5 Å². The Bertz CT molecular complexity index is 1480. The minimum Gasteiger partial charge on any atom is -0.495 e. The number of carboxylic acids is 1. The van der Waals surface area contributed by atoms with Crippen LogP contribution in [0, 0.1) is 0 Å². The number of benzene rings is 4. The van der Waals surface area contributed by atoms with Crippen molar-refractivity contribution in [3.05, 3.63) is 119 Å². The van der Waals surface area contributed by atoms with Crippen LogP contribution in [0.5, 0.6) is 5.75 Å². The lowest BCUT2D eigenvalue weighted by Gasteiger charge is -2.19. The van der Waals surface area contributed by atoms with Gasteiger partial charge >= 0.3 is 5.97 Å². The van der Waals surface area contributed by atoms with Gasteiger partial charge in [-0.05, 0) is 54.1 Å². The molecular formula is C29H23ClN2O5S. The molecule has 0 fully saturated rings. The Morgan fingerprint density at radius 2 is 1.55 bits per heavy atom. The van der Waals surface area contributed by atoms with Gasteiger partial charge in [0, 0.05) is 15.6 Å². The van der Waals surface area contributed by atoms with Gasteiger partial charge in [-0.2, -0.15) is 0 Å². The first-order valence-corrected chi connectivity index (χ1v) is 12.7. The molecular weight excluding hydrogens is 524 g/mol. The second-order valence-electron chi connectivity index (χ2n) is 8.08. The maximum atomic E-state index is 13.5. The highest BCUT2D eigenvalue weighted by Gasteiger charge is 2.24. The fourth-order valence-electron chi connectivity index (χ4n) is 3.73.